The number of hydroxylamine groups is 2. The van der Waals surface area contributed by atoms with Crippen LogP contribution in [0.3, 0.4) is 0 Å². The van der Waals surface area contributed by atoms with Crippen LogP contribution >= 0.6 is 0 Å². The van der Waals surface area contributed by atoms with Gasteiger partial charge in [0.05, 0.1) is 0 Å². The first-order chi connectivity index (χ1) is 11.7. The zero-order valence-corrected chi connectivity index (χ0v) is 13.9. The molecule has 0 N–H and O–H groups in total. The van der Waals surface area contributed by atoms with Gasteiger partial charge in [0.15, 0.2) is 25.5 Å². The zero-order chi connectivity index (χ0) is 17.0. The van der Waals surface area contributed by atoms with Crippen molar-refractivity contribution < 1.29 is 9.48 Å². The summed E-state index contributed by atoms with van der Waals surface area (Å²) in [5.74, 6) is 0. The molecule has 0 aliphatic heterocycles. The summed E-state index contributed by atoms with van der Waals surface area (Å²) in [5.41, 5.74) is 2.03. The predicted molar refractivity (Wildman–Crippen MR) is 98.1 cm³/mol. The molecule has 4 heteroatoms. The lowest BCUT2D eigenvalue weighted by Gasteiger charge is -2.04. The molecule has 0 saturated heterocycles. The first-order valence-corrected chi connectivity index (χ1v) is 8.36. The van der Waals surface area contributed by atoms with Crippen molar-refractivity contribution in [3.8, 4) is 0 Å². The molecule has 2 aromatic carbocycles. The van der Waals surface area contributed by atoms with Gasteiger partial charge in [-0.05, 0) is 12.8 Å². The van der Waals surface area contributed by atoms with Crippen LogP contribution in [-0.2, 0) is 13.1 Å². The van der Waals surface area contributed by atoms with Crippen molar-refractivity contribution in [2.45, 2.75) is 38.8 Å². The second-order valence-corrected chi connectivity index (χ2v) is 5.77. The van der Waals surface area contributed by atoms with E-state index in [4.69, 9.17) is 0 Å². The second kappa shape index (κ2) is 10.2. The lowest BCUT2D eigenvalue weighted by molar-refractivity contribution is -0.471. The minimum Gasteiger partial charge on any atom is -0.624 e. The molecule has 0 aliphatic carbocycles. The molecular formula is C20H24N2O2. The van der Waals surface area contributed by atoms with Crippen LogP contribution in [0.5, 0.6) is 0 Å². The normalized spacial score (nSPS) is 12.3. The van der Waals surface area contributed by atoms with E-state index in [0.717, 1.165) is 46.3 Å². The van der Waals surface area contributed by atoms with Gasteiger partial charge < -0.3 is 10.4 Å². The molecular weight excluding hydrogens is 300 g/mol. The van der Waals surface area contributed by atoms with Crippen molar-refractivity contribution in [2.75, 3.05) is 0 Å². The van der Waals surface area contributed by atoms with E-state index in [2.05, 4.69) is 0 Å². The molecule has 0 radical (unpaired) electrons. The molecule has 126 valence electrons. The Hall–Kier alpha value is -2.62. The van der Waals surface area contributed by atoms with Gasteiger partial charge in [0.25, 0.3) is 0 Å². The van der Waals surface area contributed by atoms with Gasteiger partial charge in [-0.2, -0.15) is 0 Å². The van der Waals surface area contributed by atoms with Gasteiger partial charge in [-0.1, -0.05) is 60.7 Å². The molecule has 2 aromatic rings. The fraction of sp³-hybridized carbons (Fsp3) is 0.300. The monoisotopic (exact) mass is 324 g/mol. The Kier molecular flexibility index (Phi) is 7.54. The topological polar surface area (TPSA) is 52.1 Å². The van der Waals surface area contributed by atoms with Crippen LogP contribution in [0.4, 0.5) is 0 Å². The van der Waals surface area contributed by atoms with E-state index in [9.17, 15) is 10.4 Å². The summed E-state index contributed by atoms with van der Waals surface area (Å²) < 4.78 is 1.96. The summed E-state index contributed by atoms with van der Waals surface area (Å²) in [6.07, 6.45) is 6.66. The van der Waals surface area contributed by atoms with E-state index < -0.39 is 0 Å². The van der Waals surface area contributed by atoms with Crippen molar-refractivity contribution in [3.05, 3.63) is 82.2 Å². The predicted octanol–water partition coefficient (Wildman–Crippen LogP) is 4.11. The summed E-state index contributed by atoms with van der Waals surface area (Å²) in [4.78, 5) is 0. The Bertz CT molecular complexity index is 592. The number of nitrogens with zero attached hydrogens (tertiary/aromatic N) is 2. The van der Waals surface area contributed by atoms with E-state index in [1.54, 1.807) is 12.4 Å². The molecule has 0 bridgehead atoms. The number of hydrogen-bond acceptors (Lipinski definition) is 2. The molecule has 0 heterocycles. The molecule has 4 nitrogen and oxygen atoms in total. The lowest BCUT2D eigenvalue weighted by atomic mass is 10.2. The van der Waals surface area contributed by atoms with Crippen LogP contribution in [-0.4, -0.2) is 21.9 Å². The maximum atomic E-state index is 11.8. The Balaban J connectivity index is 1.62. The van der Waals surface area contributed by atoms with Gasteiger partial charge in [0.2, 0.25) is 0 Å². The largest absolute Gasteiger partial charge is 0.624 e. The standard InChI is InChI=1S/C20H24N2O2/c23-21(17-19-11-5-3-6-12-19)15-9-1-2-10-16-22(24)18-20-13-7-4-8-14-20/h3-8,11-16H,1-2,9-10,17-18H2/b21-15-,22-16-. The fourth-order valence-corrected chi connectivity index (χ4v) is 2.42. The third-order valence-corrected chi connectivity index (χ3v) is 3.69. The molecule has 0 saturated carbocycles. The number of hydrogen-bond donors (Lipinski definition) is 0. The maximum Gasteiger partial charge on any atom is 0.178 e. The van der Waals surface area contributed by atoms with E-state index in [-0.39, 0.29) is 0 Å². The minimum atomic E-state index is 0.387. The molecule has 0 aliphatic rings. The molecule has 0 aromatic heterocycles. The Morgan fingerprint density at radius 1 is 0.625 bits per heavy atom. The molecule has 24 heavy (non-hydrogen) atoms. The summed E-state index contributed by atoms with van der Waals surface area (Å²) in [6.45, 7) is 0.775. The first kappa shape index (κ1) is 17.7. The Morgan fingerprint density at radius 3 is 1.38 bits per heavy atom. The minimum absolute atomic E-state index is 0.387. The average Bonchev–Trinajstić information content (AvgIpc) is 2.60. The third-order valence-electron chi connectivity index (χ3n) is 3.69. The van der Waals surface area contributed by atoms with Gasteiger partial charge in [0, 0.05) is 24.0 Å². The zero-order valence-electron chi connectivity index (χ0n) is 13.9. The van der Waals surface area contributed by atoms with Gasteiger partial charge in [-0.15, -0.1) is 0 Å². The van der Waals surface area contributed by atoms with Crippen molar-refractivity contribution >= 4 is 12.4 Å². The van der Waals surface area contributed by atoms with Gasteiger partial charge in [-0.25, -0.2) is 9.48 Å². The molecule has 0 fully saturated rings. The molecule has 0 amide bonds. The summed E-state index contributed by atoms with van der Waals surface area (Å²) in [6, 6.07) is 19.4. The van der Waals surface area contributed by atoms with Crippen molar-refractivity contribution in [3.63, 3.8) is 0 Å². The molecule has 2 rings (SSSR count). The summed E-state index contributed by atoms with van der Waals surface area (Å²) in [5, 5.41) is 23.5. The van der Waals surface area contributed by atoms with E-state index in [1.807, 2.05) is 60.7 Å². The van der Waals surface area contributed by atoms with Crippen molar-refractivity contribution in [2.24, 2.45) is 0 Å². The maximum absolute atomic E-state index is 11.8. The Labute approximate surface area is 143 Å². The molecule has 0 atom stereocenters. The molecule has 0 spiro atoms. The number of rotatable bonds is 9. The van der Waals surface area contributed by atoms with Gasteiger partial charge in [-0.3, -0.25) is 0 Å². The van der Waals surface area contributed by atoms with E-state index in [1.165, 1.54) is 0 Å². The highest BCUT2D eigenvalue weighted by molar-refractivity contribution is 5.52. The summed E-state index contributed by atoms with van der Waals surface area (Å²) >= 11 is 0. The fourth-order valence-electron chi connectivity index (χ4n) is 2.42. The first-order valence-electron chi connectivity index (χ1n) is 8.36. The smallest absolute Gasteiger partial charge is 0.178 e. The van der Waals surface area contributed by atoms with Crippen LogP contribution in [0, 0.1) is 10.4 Å². The van der Waals surface area contributed by atoms with E-state index in [0.29, 0.717) is 13.1 Å². The van der Waals surface area contributed by atoms with Crippen LogP contribution in [0.1, 0.15) is 36.8 Å². The summed E-state index contributed by atoms with van der Waals surface area (Å²) in [7, 11) is 0. The highest BCUT2D eigenvalue weighted by atomic mass is 16.5. The van der Waals surface area contributed by atoms with Crippen molar-refractivity contribution in [1.82, 2.24) is 0 Å². The number of unbranched alkanes of at least 4 members (excludes halogenated alkanes) is 3. The lowest BCUT2D eigenvalue weighted by Crippen LogP contribution is -2.06. The van der Waals surface area contributed by atoms with Gasteiger partial charge in [0.1, 0.15) is 0 Å². The highest BCUT2D eigenvalue weighted by Crippen LogP contribution is 2.02. The average molecular weight is 324 g/mol. The van der Waals surface area contributed by atoms with Crippen LogP contribution in [0.2, 0.25) is 0 Å². The highest BCUT2D eigenvalue weighted by Gasteiger charge is 1.99. The second-order valence-electron chi connectivity index (χ2n) is 5.77. The quantitative estimate of drug-likeness (QED) is 0.229. The van der Waals surface area contributed by atoms with Crippen LogP contribution < -0.4 is 0 Å². The van der Waals surface area contributed by atoms with Crippen LogP contribution in [0.15, 0.2) is 60.7 Å². The van der Waals surface area contributed by atoms with Crippen molar-refractivity contribution in [1.29, 1.82) is 0 Å². The third kappa shape index (κ3) is 7.09. The number of benzene rings is 2. The van der Waals surface area contributed by atoms with E-state index >= 15 is 0 Å². The Morgan fingerprint density at radius 2 is 1.00 bits per heavy atom. The van der Waals surface area contributed by atoms with Crippen LogP contribution in [0.25, 0.3) is 0 Å². The molecule has 0 unspecified atom stereocenters. The SMILES string of the molecule is [O-]/[N+](=C\CCCC/C=[N+](\[O-])Cc1ccccc1)Cc1ccccc1. The van der Waals surface area contributed by atoms with Gasteiger partial charge >= 0.3 is 0 Å².